The van der Waals surface area contributed by atoms with E-state index in [0.29, 0.717) is 13.2 Å². The van der Waals surface area contributed by atoms with Crippen LogP contribution in [0.4, 0.5) is 0 Å². The first kappa shape index (κ1) is 15.5. The quantitative estimate of drug-likeness (QED) is 0.877. The molecular weight excluding hydrogens is 274 g/mol. The summed E-state index contributed by atoms with van der Waals surface area (Å²) >= 11 is 1.79. The van der Waals surface area contributed by atoms with Gasteiger partial charge in [0.25, 0.3) is 0 Å². The molecule has 0 aromatic carbocycles. The van der Waals surface area contributed by atoms with Crippen molar-refractivity contribution < 1.29 is 14.6 Å². The van der Waals surface area contributed by atoms with Crippen LogP contribution in [0.25, 0.3) is 0 Å². The Morgan fingerprint density at radius 1 is 1.55 bits per heavy atom. The predicted octanol–water partition coefficient (Wildman–Crippen LogP) is 2.93. The number of rotatable bonds is 6. The van der Waals surface area contributed by atoms with Crippen LogP contribution in [0.5, 0.6) is 0 Å². The van der Waals surface area contributed by atoms with Gasteiger partial charge in [0.2, 0.25) is 0 Å². The molecule has 4 nitrogen and oxygen atoms in total. The summed E-state index contributed by atoms with van der Waals surface area (Å²) in [5.74, 6) is -1.16. The van der Waals surface area contributed by atoms with Crippen LogP contribution in [0.1, 0.15) is 36.1 Å². The van der Waals surface area contributed by atoms with Crippen molar-refractivity contribution in [2.75, 3.05) is 19.8 Å². The van der Waals surface area contributed by atoms with Crippen molar-refractivity contribution in [3.05, 3.63) is 21.9 Å². The normalized spacial score (nSPS) is 24.2. The lowest BCUT2D eigenvalue weighted by Crippen LogP contribution is -2.44. The molecule has 2 rings (SSSR count). The maximum atomic E-state index is 11.4. The van der Waals surface area contributed by atoms with E-state index < -0.39 is 11.9 Å². The molecule has 0 bridgehead atoms. The van der Waals surface area contributed by atoms with Crippen LogP contribution in [0, 0.1) is 12.8 Å². The number of hydrogen-bond donors (Lipinski definition) is 1. The third-order valence-electron chi connectivity index (χ3n) is 3.95. The Morgan fingerprint density at radius 3 is 2.85 bits per heavy atom. The maximum Gasteiger partial charge on any atom is 0.310 e. The highest BCUT2D eigenvalue weighted by Gasteiger charge is 2.39. The molecule has 0 amide bonds. The van der Waals surface area contributed by atoms with Crippen molar-refractivity contribution in [3.63, 3.8) is 0 Å². The van der Waals surface area contributed by atoms with Gasteiger partial charge in [0, 0.05) is 21.8 Å². The number of aryl methyl sites for hydroxylation is 1. The summed E-state index contributed by atoms with van der Waals surface area (Å²) in [5.41, 5.74) is 0. The molecule has 1 aliphatic heterocycles. The first-order valence-electron chi connectivity index (χ1n) is 7.17. The van der Waals surface area contributed by atoms with Gasteiger partial charge in [-0.3, -0.25) is 9.69 Å². The van der Waals surface area contributed by atoms with Crippen LogP contribution in [-0.2, 0) is 9.53 Å². The van der Waals surface area contributed by atoms with Crippen molar-refractivity contribution in [1.29, 1.82) is 0 Å². The highest BCUT2D eigenvalue weighted by Crippen LogP contribution is 2.32. The van der Waals surface area contributed by atoms with Gasteiger partial charge in [-0.05, 0) is 38.9 Å². The molecule has 112 valence electrons. The van der Waals surface area contributed by atoms with Gasteiger partial charge in [0.05, 0.1) is 19.1 Å². The second kappa shape index (κ2) is 6.70. The standard InChI is InChI=1S/C15H23NO3S/c1-4-7-16(11(3)14-6-5-10(2)20-14)13-9-19-8-12(13)15(17)18/h5-6,11-13H,4,7-9H2,1-3H3,(H,17,18). The first-order valence-corrected chi connectivity index (χ1v) is 7.98. The number of carboxylic acid groups (broad SMARTS) is 1. The van der Waals surface area contributed by atoms with Gasteiger partial charge in [-0.2, -0.15) is 0 Å². The lowest BCUT2D eigenvalue weighted by atomic mass is 10.00. The molecule has 20 heavy (non-hydrogen) atoms. The predicted molar refractivity (Wildman–Crippen MR) is 80.2 cm³/mol. The number of nitrogens with zero attached hydrogens (tertiary/aromatic N) is 1. The summed E-state index contributed by atoms with van der Waals surface area (Å²) in [5, 5.41) is 9.35. The Labute approximate surface area is 124 Å². The van der Waals surface area contributed by atoms with Gasteiger partial charge < -0.3 is 9.84 Å². The van der Waals surface area contributed by atoms with Gasteiger partial charge >= 0.3 is 5.97 Å². The maximum absolute atomic E-state index is 11.4. The largest absolute Gasteiger partial charge is 0.481 e. The summed E-state index contributed by atoms with van der Waals surface area (Å²) in [6.45, 7) is 8.14. The van der Waals surface area contributed by atoms with Crippen molar-refractivity contribution in [1.82, 2.24) is 4.90 Å². The van der Waals surface area contributed by atoms with E-state index in [1.807, 2.05) is 0 Å². The third-order valence-corrected chi connectivity index (χ3v) is 5.12. The topological polar surface area (TPSA) is 49.8 Å². The molecular formula is C15H23NO3S. The van der Waals surface area contributed by atoms with Gasteiger partial charge in [-0.1, -0.05) is 6.92 Å². The number of aliphatic carboxylic acids is 1. The molecule has 1 aliphatic rings. The van der Waals surface area contributed by atoms with Crippen LogP contribution in [0.3, 0.4) is 0 Å². The van der Waals surface area contributed by atoms with E-state index in [-0.39, 0.29) is 12.1 Å². The molecule has 0 saturated carbocycles. The summed E-state index contributed by atoms with van der Waals surface area (Å²) < 4.78 is 5.43. The molecule has 1 saturated heterocycles. The average Bonchev–Trinajstić information content (AvgIpc) is 3.03. The molecule has 1 aromatic rings. The van der Waals surface area contributed by atoms with Gasteiger partial charge in [0.1, 0.15) is 0 Å². The third kappa shape index (κ3) is 3.22. The lowest BCUT2D eigenvalue weighted by molar-refractivity contribution is -0.143. The molecule has 1 N–H and O–H groups in total. The minimum absolute atomic E-state index is 0.0233. The van der Waals surface area contributed by atoms with Crippen LogP contribution in [0.15, 0.2) is 12.1 Å². The Morgan fingerprint density at radius 2 is 2.30 bits per heavy atom. The summed E-state index contributed by atoms with van der Waals surface area (Å²) in [4.78, 5) is 16.3. The minimum Gasteiger partial charge on any atom is -0.481 e. The van der Waals surface area contributed by atoms with Gasteiger partial charge in [-0.25, -0.2) is 0 Å². The van der Waals surface area contributed by atoms with E-state index in [2.05, 4.69) is 37.8 Å². The molecule has 1 aromatic heterocycles. The summed E-state index contributed by atoms with van der Waals surface area (Å²) in [7, 11) is 0. The van der Waals surface area contributed by atoms with Crippen LogP contribution >= 0.6 is 11.3 Å². The molecule has 1 fully saturated rings. The number of thiophene rings is 1. The molecule has 0 spiro atoms. The SMILES string of the molecule is CCCN(C(C)c1ccc(C)s1)C1COCC1C(=O)O. The zero-order chi connectivity index (χ0) is 14.7. The number of carbonyl (C=O) groups is 1. The van der Waals surface area contributed by atoms with Gasteiger partial charge in [-0.15, -0.1) is 11.3 Å². The van der Waals surface area contributed by atoms with E-state index in [0.717, 1.165) is 13.0 Å². The van der Waals surface area contributed by atoms with Crippen molar-refractivity contribution in [3.8, 4) is 0 Å². The fourth-order valence-electron chi connectivity index (χ4n) is 2.85. The molecule has 0 radical (unpaired) electrons. The number of hydrogen-bond acceptors (Lipinski definition) is 4. The Balaban J connectivity index is 2.19. The zero-order valence-electron chi connectivity index (χ0n) is 12.3. The fraction of sp³-hybridized carbons (Fsp3) is 0.667. The van der Waals surface area contributed by atoms with E-state index in [1.165, 1.54) is 9.75 Å². The minimum atomic E-state index is -0.747. The second-order valence-corrected chi connectivity index (χ2v) is 6.73. The number of carboxylic acids is 1. The highest BCUT2D eigenvalue weighted by molar-refractivity contribution is 7.12. The van der Waals surface area contributed by atoms with E-state index >= 15 is 0 Å². The van der Waals surface area contributed by atoms with Crippen molar-refractivity contribution in [2.24, 2.45) is 5.92 Å². The second-order valence-electron chi connectivity index (χ2n) is 5.41. The van der Waals surface area contributed by atoms with Crippen LogP contribution in [0.2, 0.25) is 0 Å². The highest BCUT2D eigenvalue weighted by atomic mass is 32.1. The number of ether oxygens (including phenoxy) is 1. The first-order chi connectivity index (χ1) is 9.54. The Bertz CT molecular complexity index is 460. The van der Waals surface area contributed by atoms with Gasteiger partial charge in [0.15, 0.2) is 0 Å². The van der Waals surface area contributed by atoms with E-state index in [1.54, 1.807) is 11.3 Å². The smallest absolute Gasteiger partial charge is 0.310 e. The molecule has 5 heteroatoms. The van der Waals surface area contributed by atoms with Crippen molar-refractivity contribution >= 4 is 17.3 Å². The Hall–Kier alpha value is -0.910. The van der Waals surface area contributed by atoms with E-state index in [9.17, 15) is 9.90 Å². The zero-order valence-corrected chi connectivity index (χ0v) is 13.2. The molecule has 3 unspecified atom stereocenters. The fourth-order valence-corrected chi connectivity index (χ4v) is 3.80. The van der Waals surface area contributed by atoms with E-state index in [4.69, 9.17) is 4.74 Å². The van der Waals surface area contributed by atoms with Crippen LogP contribution < -0.4 is 0 Å². The molecule has 0 aliphatic carbocycles. The summed E-state index contributed by atoms with van der Waals surface area (Å²) in [6, 6.07) is 4.49. The van der Waals surface area contributed by atoms with Crippen molar-refractivity contribution in [2.45, 2.75) is 39.3 Å². The monoisotopic (exact) mass is 297 g/mol. The molecule has 3 atom stereocenters. The Kier molecular flexibility index (Phi) is 5.18. The molecule has 2 heterocycles. The average molecular weight is 297 g/mol. The van der Waals surface area contributed by atoms with Crippen LogP contribution in [-0.4, -0.2) is 41.8 Å². The summed E-state index contributed by atoms with van der Waals surface area (Å²) in [6.07, 6.45) is 1.01. The lowest BCUT2D eigenvalue weighted by Gasteiger charge is -2.35.